The first-order valence-corrected chi connectivity index (χ1v) is 3.51. The molecule has 0 amide bonds. The van der Waals surface area contributed by atoms with Crippen LogP contribution in [0.15, 0.2) is 0 Å². The molecule has 0 unspecified atom stereocenters. The van der Waals surface area contributed by atoms with E-state index in [9.17, 15) is 26.3 Å². The molecule has 0 spiro atoms. The minimum absolute atomic E-state index is 1.15. The van der Waals surface area contributed by atoms with E-state index in [1.807, 2.05) is 0 Å². The zero-order valence-corrected chi connectivity index (χ0v) is 6.52. The molecule has 0 aromatic heterocycles. The van der Waals surface area contributed by atoms with Gasteiger partial charge in [0, 0.05) is 5.33 Å². The maximum absolute atomic E-state index is 11.5. The second-order valence-corrected chi connectivity index (χ2v) is 2.44. The van der Waals surface area contributed by atoms with Gasteiger partial charge in [0.1, 0.15) is 0 Å². The summed E-state index contributed by atoms with van der Waals surface area (Å²) < 4.78 is 68.8. The highest BCUT2D eigenvalue weighted by atomic mass is 79.9. The third kappa shape index (κ3) is 3.31. The van der Waals surface area contributed by atoms with Gasteiger partial charge in [0.2, 0.25) is 0 Å². The molecule has 0 N–H and O–H groups in total. The fraction of sp³-hybridized carbons (Fsp3) is 1.00. The highest BCUT2D eigenvalue weighted by Crippen LogP contribution is 2.39. The molecule has 0 aromatic rings. The summed E-state index contributed by atoms with van der Waals surface area (Å²) in [7, 11) is 0. The Hall–Kier alpha value is 0.0600. The lowest BCUT2D eigenvalue weighted by Crippen LogP contribution is -2.37. The lowest BCUT2D eigenvalue weighted by atomic mass is 10.2. The van der Waals surface area contributed by atoms with E-state index in [1.165, 1.54) is 0 Å². The van der Waals surface area contributed by atoms with Crippen molar-refractivity contribution in [2.75, 3.05) is 5.33 Å². The summed E-state index contributed by atoms with van der Waals surface area (Å²) in [4.78, 5) is 0. The first-order chi connectivity index (χ1) is 4.69. The van der Waals surface area contributed by atoms with Crippen LogP contribution in [0, 0.1) is 5.92 Å². The summed E-state index contributed by atoms with van der Waals surface area (Å²) in [6.07, 6.45) is -10.4. The van der Waals surface area contributed by atoms with Crippen LogP contribution in [0.1, 0.15) is 0 Å². The minimum Gasteiger partial charge on any atom is -0.170 e. The van der Waals surface area contributed by atoms with Crippen molar-refractivity contribution in [1.29, 1.82) is 0 Å². The maximum Gasteiger partial charge on any atom is 0.401 e. The number of alkyl halides is 7. The van der Waals surface area contributed by atoms with Gasteiger partial charge in [-0.2, -0.15) is 26.3 Å². The Kier molecular flexibility index (Phi) is 3.22. The minimum atomic E-state index is -5.22. The summed E-state index contributed by atoms with van der Waals surface area (Å²) in [6.45, 7) is 0. The van der Waals surface area contributed by atoms with Crippen molar-refractivity contribution >= 4 is 15.9 Å². The quantitative estimate of drug-likeness (QED) is 0.491. The summed E-state index contributed by atoms with van der Waals surface area (Å²) in [5, 5.41) is -1.15. The third-order valence-corrected chi connectivity index (χ3v) is 1.59. The predicted molar refractivity (Wildman–Crippen MR) is 29.4 cm³/mol. The van der Waals surface area contributed by atoms with Gasteiger partial charge in [-0.1, -0.05) is 15.9 Å². The molecule has 0 aromatic carbocycles. The van der Waals surface area contributed by atoms with Crippen LogP contribution in [0.5, 0.6) is 0 Å². The van der Waals surface area contributed by atoms with Gasteiger partial charge in [-0.25, -0.2) is 0 Å². The number of hydrogen-bond donors (Lipinski definition) is 0. The normalized spacial score (nSPS) is 14.2. The maximum atomic E-state index is 11.5. The van der Waals surface area contributed by atoms with Gasteiger partial charge in [-0.15, -0.1) is 0 Å². The molecule has 0 radical (unpaired) electrons. The van der Waals surface area contributed by atoms with Crippen LogP contribution in [0.25, 0.3) is 0 Å². The average Bonchev–Trinajstić information content (AvgIpc) is 1.56. The van der Waals surface area contributed by atoms with Crippen molar-refractivity contribution in [2.24, 2.45) is 5.92 Å². The molecule has 7 heteroatoms. The molecule has 11 heavy (non-hydrogen) atoms. The molecule has 0 bridgehead atoms. The smallest absolute Gasteiger partial charge is 0.170 e. The molecule has 0 aliphatic rings. The Balaban J connectivity index is 4.43. The Morgan fingerprint density at radius 3 is 1.18 bits per heavy atom. The zero-order valence-electron chi connectivity index (χ0n) is 4.93. The number of halogens is 7. The van der Waals surface area contributed by atoms with Crippen LogP contribution in [-0.2, 0) is 0 Å². The van der Waals surface area contributed by atoms with Crippen molar-refractivity contribution < 1.29 is 26.3 Å². The lowest BCUT2D eigenvalue weighted by molar-refractivity contribution is -0.275. The van der Waals surface area contributed by atoms with E-state index in [0.717, 1.165) is 0 Å². The van der Waals surface area contributed by atoms with E-state index in [1.54, 1.807) is 0 Å². The third-order valence-electron chi connectivity index (χ3n) is 0.945. The van der Waals surface area contributed by atoms with E-state index in [4.69, 9.17) is 0 Å². The molecule has 0 heterocycles. The van der Waals surface area contributed by atoms with Crippen molar-refractivity contribution in [3.05, 3.63) is 0 Å². The Morgan fingerprint density at radius 1 is 0.909 bits per heavy atom. The Labute approximate surface area is 66.7 Å². The molecule has 0 atom stereocenters. The average molecular weight is 245 g/mol. The van der Waals surface area contributed by atoms with Crippen molar-refractivity contribution in [1.82, 2.24) is 0 Å². The first-order valence-electron chi connectivity index (χ1n) is 2.39. The van der Waals surface area contributed by atoms with Crippen LogP contribution in [0.2, 0.25) is 0 Å². The second-order valence-electron chi connectivity index (χ2n) is 1.79. The molecule has 0 rings (SSSR count). The zero-order chi connectivity index (χ0) is 9.28. The lowest BCUT2D eigenvalue weighted by Gasteiger charge is -2.20. The van der Waals surface area contributed by atoms with Crippen molar-refractivity contribution in [3.8, 4) is 0 Å². The molecular formula is C4H3BrF6. The summed E-state index contributed by atoms with van der Waals surface area (Å²) in [5.74, 6) is -3.27. The summed E-state index contributed by atoms with van der Waals surface area (Å²) >= 11 is 2.15. The van der Waals surface area contributed by atoms with Gasteiger partial charge in [-0.05, 0) is 0 Å². The SMILES string of the molecule is FC(F)(F)C(CBr)C(F)(F)F. The fourth-order valence-corrected chi connectivity index (χ4v) is 1.09. The molecule has 0 nitrogen and oxygen atoms in total. The van der Waals surface area contributed by atoms with Gasteiger partial charge >= 0.3 is 12.4 Å². The molecular weight excluding hydrogens is 242 g/mol. The predicted octanol–water partition coefficient (Wildman–Crippen LogP) is 3.12. The highest BCUT2D eigenvalue weighted by Gasteiger charge is 2.55. The highest BCUT2D eigenvalue weighted by molar-refractivity contribution is 9.09. The van der Waals surface area contributed by atoms with Crippen LogP contribution in [0.4, 0.5) is 26.3 Å². The Bertz CT molecular complexity index is 110. The largest absolute Gasteiger partial charge is 0.401 e. The van der Waals surface area contributed by atoms with Gasteiger partial charge in [0.15, 0.2) is 5.92 Å². The molecule has 68 valence electrons. The van der Waals surface area contributed by atoms with E-state index >= 15 is 0 Å². The van der Waals surface area contributed by atoms with Crippen molar-refractivity contribution in [2.45, 2.75) is 12.4 Å². The molecule has 0 aliphatic heterocycles. The second kappa shape index (κ2) is 3.20. The van der Waals surface area contributed by atoms with Gasteiger partial charge in [0.25, 0.3) is 0 Å². The number of hydrogen-bond acceptors (Lipinski definition) is 0. The van der Waals surface area contributed by atoms with Crippen LogP contribution in [0.3, 0.4) is 0 Å². The van der Waals surface area contributed by atoms with Gasteiger partial charge in [0.05, 0.1) is 0 Å². The van der Waals surface area contributed by atoms with Crippen molar-refractivity contribution in [3.63, 3.8) is 0 Å². The van der Waals surface area contributed by atoms with Crippen LogP contribution < -0.4 is 0 Å². The van der Waals surface area contributed by atoms with E-state index in [-0.39, 0.29) is 0 Å². The first kappa shape index (κ1) is 11.1. The van der Waals surface area contributed by atoms with E-state index < -0.39 is 23.6 Å². The molecule has 0 saturated heterocycles. The standard InChI is InChI=1S/C4H3BrF6/c5-1-2(3(6,7)8)4(9,10)11/h2H,1H2. The monoisotopic (exact) mass is 244 g/mol. The van der Waals surface area contributed by atoms with Gasteiger partial charge < -0.3 is 0 Å². The topological polar surface area (TPSA) is 0 Å². The van der Waals surface area contributed by atoms with Gasteiger partial charge in [-0.3, -0.25) is 0 Å². The van der Waals surface area contributed by atoms with E-state index in [2.05, 4.69) is 15.9 Å². The fourth-order valence-electron chi connectivity index (χ4n) is 0.361. The summed E-state index contributed by atoms with van der Waals surface area (Å²) in [6, 6.07) is 0. The Morgan fingerprint density at radius 2 is 1.18 bits per heavy atom. The summed E-state index contributed by atoms with van der Waals surface area (Å²) in [5.41, 5.74) is 0. The molecule has 0 saturated carbocycles. The van der Waals surface area contributed by atoms with E-state index in [0.29, 0.717) is 0 Å². The number of rotatable bonds is 1. The molecule has 0 fully saturated rings. The molecule has 0 aliphatic carbocycles. The van der Waals surface area contributed by atoms with Crippen LogP contribution in [-0.4, -0.2) is 17.7 Å². The van der Waals surface area contributed by atoms with Crippen LogP contribution >= 0.6 is 15.9 Å².